The molecule has 0 radical (unpaired) electrons. The van der Waals surface area contributed by atoms with Crippen LogP contribution in [-0.4, -0.2) is 36.6 Å². The molecule has 1 unspecified atom stereocenters. The first kappa shape index (κ1) is 13.0. The molecule has 16 heavy (non-hydrogen) atoms. The van der Waals surface area contributed by atoms with E-state index in [4.69, 9.17) is 0 Å². The Balaban J connectivity index is 2.72. The van der Waals surface area contributed by atoms with E-state index < -0.39 is 0 Å². The van der Waals surface area contributed by atoms with Crippen LogP contribution in [0.4, 0.5) is 5.82 Å². The Bertz CT molecular complexity index is 321. The number of anilines is 1. The second-order valence-electron chi connectivity index (χ2n) is 4.93. The van der Waals surface area contributed by atoms with E-state index in [-0.39, 0.29) is 0 Å². The molecule has 1 atom stereocenters. The number of aromatic nitrogens is 1. The molecule has 0 amide bonds. The van der Waals surface area contributed by atoms with E-state index in [2.05, 4.69) is 56.1 Å². The molecule has 1 aromatic rings. The standard InChI is InChI=1S/C13H23N3/c1-10(2)12(9-16(4)5)15-13-11(3)7-6-8-14-13/h6-8,10,12H,9H2,1-5H3,(H,14,15). The topological polar surface area (TPSA) is 28.2 Å². The Morgan fingerprint density at radius 3 is 2.56 bits per heavy atom. The van der Waals surface area contributed by atoms with Gasteiger partial charge in [0.2, 0.25) is 0 Å². The van der Waals surface area contributed by atoms with Gasteiger partial charge < -0.3 is 10.2 Å². The first-order valence-electron chi connectivity index (χ1n) is 5.83. The van der Waals surface area contributed by atoms with Crippen molar-refractivity contribution in [1.82, 2.24) is 9.88 Å². The third-order valence-corrected chi connectivity index (χ3v) is 2.70. The Morgan fingerprint density at radius 2 is 2.06 bits per heavy atom. The maximum absolute atomic E-state index is 4.38. The summed E-state index contributed by atoms with van der Waals surface area (Å²) in [6.07, 6.45) is 1.84. The smallest absolute Gasteiger partial charge is 0.129 e. The van der Waals surface area contributed by atoms with Crippen LogP contribution in [0.2, 0.25) is 0 Å². The molecule has 0 aliphatic carbocycles. The second kappa shape index (κ2) is 5.85. The summed E-state index contributed by atoms with van der Waals surface area (Å²) in [5.74, 6) is 1.59. The minimum Gasteiger partial charge on any atom is -0.366 e. The summed E-state index contributed by atoms with van der Waals surface area (Å²) in [6.45, 7) is 7.58. The molecule has 0 aliphatic rings. The Labute approximate surface area is 98.9 Å². The molecule has 1 N–H and O–H groups in total. The maximum atomic E-state index is 4.38. The fourth-order valence-corrected chi connectivity index (χ4v) is 1.63. The molecule has 0 bridgehead atoms. The average Bonchev–Trinajstić information content (AvgIpc) is 2.19. The number of likely N-dealkylation sites (N-methyl/N-ethyl adjacent to an activating group) is 1. The summed E-state index contributed by atoms with van der Waals surface area (Å²) in [4.78, 5) is 6.58. The molecule has 1 rings (SSSR count). The lowest BCUT2D eigenvalue weighted by Crippen LogP contribution is -2.36. The molecule has 90 valence electrons. The van der Waals surface area contributed by atoms with E-state index in [9.17, 15) is 0 Å². The van der Waals surface area contributed by atoms with Crippen LogP contribution < -0.4 is 5.32 Å². The molecule has 0 saturated heterocycles. The van der Waals surface area contributed by atoms with Gasteiger partial charge in [-0.1, -0.05) is 19.9 Å². The van der Waals surface area contributed by atoms with Crippen molar-refractivity contribution >= 4 is 5.82 Å². The predicted molar refractivity (Wildman–Crippen MR) is 69.8 cm³/mol. The summed E-state index contributed by atoms with van der Waals surface area (Å²) < 4.78 is 0. The average molecular weight is 221 g/mol. The van der Waals surface area contributed by atoms with Crippen molar-refractivity contribution in [2.24, 2.45) is 5.92 Å². The van der Waals surface area contributed by atoms with Crippen molar-refractivity contribution in [3.63, 3.8) is 0 Å². The maximum Gasteiger partial charge on any atom is 0.129 e. The fraction of sp³-hybridized carbons (Fsp3) is 0.615. The monoisotopic (exact) mass is 221 g/mol. The lowest BCUT2D eigenvalue weighted by Gasteiger charge is -2.26. The molecule has 1 aromatic heterocycles. The molecule has 0 fully saturated rings. The van der Waals surface area contributed by atoms with Crippen molar-refractivity contribution < 1.29 is 0 Å². The molecule has 0 aromatic carbocycles. The Kier molecular flexibility index (Phi) is 4.74. The van der Waals surface area contributed by atoms with Crippen LogP contribution in [0.5, 0.6) is 0 Å². The molecule has 0 aliphatic heterocycles. The van der Waals surface area contributed by atoms with Gasteiger partial charge in [-0.05, 0) is 38.6 Å². The number of nitrogens with zero attached hydrogens (tertiary/aromatic N) is 2. The quantitative estimate of drug-likeness (QED) is 0.827. The molecule has 3 heteroatoms. The molecule has 0 spiro atoms. The normalized spacial score (nSPS) is 13.2. The zero-order chi connectivity index (χ0) is 12.1. The number of rotatable bonds is 5. The highest BCUT2D eigenvalue weighted by Crippen LogP contribution is 2.14. The van der Waals surface area contributed by atoms with E-state index in [0.717, 1.165) is 12.4 Å². The van der Waals surface area contributed by atoms with Crippen molar-refractivity contribution in [1.29, 1.82) is 0 Å². The highest BCUT2D eigenvalue weighted by molar-refractivity contribution is 5.43. The third-order valence-electron chi connectivity index (χ3n) is 2.70. The lowest BCUT2D eigenvalue weighted by molar-refractivity contribution is 0.344. The van der Waals surface area contributed by atoms with Gasteiger partial charge in [0.15, 0.2) is 0 Å². The summed E-state index contributed by atoms with van der Waals surface area (Å²) in [5, 5.41) is 3.53. The predicted octanol–water partition coefficient (Wildman–Crippen LogP) is 2.39. The SMILES string of the molecule is Cc1cccnc1NC(CN(C)C)C(C)C. The summed E-state index contributed by atoms with van der Waals surface area (Å²) in [6, 6.07) is 4.49. The number of aryl methyl sites for hydroxylation is 1. The van der Waals surface area contributed by atoms with Crippen LogP contribution >= 0.6 is 0 Å². The fourth-order valence-electron chi connectivity index (χ4n) is 1.63. The van der Waals surface area contributed by atoms with Gasteiger partial charge in [0.25, 0.3) is 0 Å². The molecule has 1 heterocycles. The molecular formula is C13H23N3. The molecule has 0 saturated carbocycles. The van der Waals surface area contributed by atoms with E-state index in [1.807, 2.05) is 12.3 Å². The van der Waals surface area contributed by atoms with Gasteiger partial charge in [0.05, 0.1) is 0 Å². The Hall–Kier alpha value is -1.09. The third kappa shape index (κ3) is 3.81. The highest BCUT2D eigenvalue weighted by Gasteiger charge is 2.15. The van der Waals surface area contributed by atoms with Gasteiger partial charge in [0, 0.05) is 18.8 Å². The van der Waals surface area contributed by atoms with Crippen LogP contribution in [0.15, 0.2) is 18.3 Å². The van der Waals surface area contributed by atoms with Gasteiger partial charge in [-0.2, -0.15) is 0 Å². The number of hydrogen-bond donors (Lipinski definition) is 1. The second-order valence-corrected chi connectivity index (χ2v) is 4.93. The first-order chi connectivity index (χ1) is 7.50. The van der Waals surface area contributed by atoms with Crippen LogP contribution in [0.1, 0.15) is 19.4 Å². The van der Waals surface area contributed by atoms with Crippen molar-refractivity contribution in [2.45, 2.75) is 26.8 Å². The van der Waals surface area contributed by atoms with Crippen LogP contribution in [0.3, 0.4) is 0 Å². The summed E-state index contributed by atoms with van der Waals surface area (Å²) >= 11 is 0. The first-order valence-corrected chi connectivity index (χ1v) is 5.83. The lowest BCUT2D eigenvalue weighted by atomic mass is 10.0. The minimum absolute atomic E-state index is 0.434. The minimum atomic E-state index is 0.434. The summed E-state index contributed by atoms with van der Waals surface area (Å²) in [5.41, 5.74) is 1.20. The van der Waals surface area contributed by atoms with Crippen LogP contribution in [0.25, 0.3) is 0 Å². The number of hydrogen-bond acceptors (Lipinski definition) is 3. The zero-order valence-corrected chi connectivity index (χ0v) is 11.0. The van der Waals surface area contributed by atoms with Gasteiger partial charge in [-0.25, -0.2) is 4.98 Å². The van der Waals surface area contributed by atoms with E-state index in [0.29, 0.717) is 12.0 Å². The van der Waals surface area contributed by atoms with Gasteiger partial charge in [-0.15, -0.1) is 0 Å². The number of nitrogens with one attached hydrogen (secondary N) is 1. The largest absolute Gasteiger partial charge is 0.366 e. The van der Waals surface area contributed by atoms with E-state index in [1.54, 1.807) is 0 Å². The molecular weight excluding hydrogens is 198 g/mol. The van der Waals surface area contributed by atoms with Crippen molar-refractivity contribution in [3.8, 4) is 0 Å². The molecule has 3 nitrogen and oxygen atoms in total. The number of pyridine rings is 1. The van der Waals surface area contributed by atoms with Crippen molar-refractivity contribution in [3.05, 3.63) is 23.9 Å². The van der Waals surface area contributed by atoms with Crippen LogP contribution in [0, 0.1) is 12.8 Å². The zero-order valence-electron chi connectivity index (χ0n) is 11.0. The summed E-state index contributed by atoms with van der Waals surface area (Å²) in [7, 11) is 4.20. The highest BCUT2D eigenvalue weighted by atomic mass is 15.1. The van der Waals surface area contributed by atoms with E-state index >= 15 is 0 Å². The van der Waals surface area contributed by atoms with Gasteiger partial charge in [0.1, 0.15) is 5.82 Å². The van der Waals surface area contributed by atoms with Gasteiger partial charge in [-0.3, -0.25) is 0 Å². The van der Waals surface area contributed by atoms with E-state index in [1.165, 1.54) is 5.56 Å². The van der Waals surface area contributed by atoms with Crippen molar-refractivity contribution in [2.75, 3.05) is 26.0 Å². The van der Waals surface area contributed by atoms with Gasteiger partial charge >= 0.3 is 0 Å². The Morgan fingerprint density at radius 1 is 1.38 bits per heavy atom. The van der Waals surface area contributed by atoms with Crippen LogP contribution in [-0.2, 0) is 0 Å².